The van der Waals surface area contributed by atoms with Crippen molar-refractivity contribution in [3.8, 4) is 6.07 Å². The average Bonchev–Trinajstić information content (AvgIpc) is 2.92. The lowest BCUT2D eigenvalue weighted by molar-refractivity contribution is -0.131. The Labute approximate surface area is 133 Å². The van der Waals surface area contributed by atoms with Crippen LogP contribution >= 0.6 is 0 Å². The first-order valence-corrected chi connectivity index (χ1v) is 8.24. The van der Waals surface area contributed by atoms with E-state index >= 15 is 0 Å². The fourth-order valence-electron chi connectivity index (χ4n) is 4.59. The smallest absolute Gasteiger partial charge is 0.237 e. The quantitative estimate of drug-likeness (QED) is 0.834. The molecule has 0 aromatic carbocycles. The molecule has 1 saturated heterocycles. The molecule has 5 nitrogen and oxygen atoms in total. The third-order valence-electron chi connectivity index (χ3n) is 5.52. The SMILES string of the molecule is C.N#C[C@@H]1CCCN1C(=O)CNC12CCCC(CC(O)C1)C2. The van der Waals surface area contributed by atoms with E-state index in [-0.39, 0.29) is 31.0 Å². The number of nitrogens with one attached hydrogen (secondary N) is 1. The molecule has 1 amide bonds. The predicted molar refractivity (Wildman–Crippen MR) is 85.0 cm³/mol. The van der Waals surface area contributed by atoms with Crippen molar-refractivity contribution >= 4 is 5.91 Å². The number of likely N-dealkylation sites (tertiary alicyclic amines) is 1. The van der Waals surface area contributed by atoms with Crippen LogP contribution in [0.5, 0.6) is 0 Å². The van der Waals surface area contributed by atoms with Crippen LogP contribution in [0.1, 0.15) is 58.8 Å². The van der Waals surface area contributed by atoms with Crippen molar-refractivity contribution in [3.05, 3.63) is 0 Å². The number of aliphatic hydroxyl groups excluding tert-OH is 1. The number of amides is 1. The lowest BCUT2D eigenvalue weighted by Crippen LogP contribution is -2.56. The van der Waals surface area contributed by atoms with E-state index in [4.69, 9.17) is 5.26 Å². The van der Waals surface area contributed by atoms with Gasteiger partial charge >= 0.3 is 0 Å². The summed E-state index contributed by atoms with van der Waals surface area (Å²) in [5.41, 5.74) is -0.0574. The maximum atomic E-state index is 12.3. The second-order valence-electron chi connectivity index (χ2n) is 7.06. The van der Waals surface area contributed by atoms with Crippen molar-refractivity contribution in [3.63, 3.8) is 0 Å². The van der Waals surface area contributed by atoms with E-state index in [2.05, 4.69) is 11.4 Å². The standard InChI is InChI=1S/C16H25N3O2.CH4/c17-10-13-4-2-6-19(13)15(21)11-18-16-5-1-3-12(8-16)7-14(20)9-16;/h12-14,18,20H,1-9,11H2;1H4/t12?,13-,14?,16?;/m0./s1. The first kappa shape index (κ1) is 17.2. The van der Waals surface area contributed by atoms with Gasteiger partial charge in [0.1, 0.15) is 6.04 Å². The van der Waals surface area contributed by atoms with E-state index in [1.165, 1.54) is 12.8 Å². The van der Waals surface area contributed by atoms with E-state index < -0.39 is 0 Å². The van der Waals surface area contributed by atoms with Crippen molar-refractivity contribution < 1.29 is 9.90 Å². The summed E-state index contributed by atoms with van der Waals surface area (Å²) in [5, 5.41) is 22.6. The summed E-state index contributed by atoms with van der Waals surface area (Å²) in [6, 6.07) is 1.98. The highest BCUT2D eigenvalue weighted by molar-refractivity contribution is 5.79. The summed E-state index contributed by atoms with van der Waals surface area (Å²) in [6.07, 6.45) is 7.70. The van der Waals surface area contributed by atoms with Crippen LogP contribution in [0.25, 0.3) is 0 Å². The molecule has 3 unspecified atom stereocenters. The fourth-order valence-corrected chi connectivity index (χ4v) is 4.59. The van der Waals surface area contributed by atoms with Crippen LogP contribution in [0.3, 0.4) is 0 Å². The third kappa shape index (κ3) is 3.44. The molecule has 0 aromatic rings. The molecule has 124 valence electrons. The lowest BCUT2D eigenvalue weighted by Gasteiger charge is -2.47. The van der Waals surface area contributed by atoms with Crippen LogP contribution in [0.4, 0.5) is 0 Å². The number of hydrogen-bond acceptors (Lipinski definition) is 4. The third-order valence-corrected chi connectivity index (χ3v) is 5.52. The molecule has 1 heterocycles. The van der Waals surface area contributed by atoms with Gasteiger partial charge in [-0.3, -0.25) is 4.79 Å². The highest BCUT2D eigenvalue weighted by Crippen LogP contribution is 2.42. The van der Waals surface area contributed by atoms with E-state index in [1.54, 1.807) is 4.90 Å². The minimum Gasteiger partial charge on any atom is -0.393 e. The molecule has 22 heavy (non-hydrogen) atoms. The molecule has 4 atom stereocenters. The highest BCUT2D eigenvalue weighted by atomic mass is 16.3. The summed E-state index contributed by atoms with van der Waals surface area (Å²) < 4.78 is 0. The Morgan fingerprint density at radius 1 is 1.36 bits per heavy atom. The zero-order chi connectivity index (χ0) is 14.9. The molecule has 0 spiro atoms. The van der Waals surface area contributed by atoms with E-state index in [0.29, 0.717) is 19.0 Å². The van der Waals surface area contributed by atoms with Gasteiger partial charge < -0.3 is 15.3 Å². The minimum atomic E-state index is -0.243. The number of aliphatic hydroxyl groups is 1. The molecule has 2 saturated carbocycles. The molecule has 2 aliphatic carbocycles. The first-order chi connectivity index (χ1) is 10.1. The van der Waals surface area contributed by atoms with Gasteiger partial charge in [-0.1, -0.05) is 20.3 Å². The number of nitriles is 1. The molecule has 3 fully saturated rings. The van der Waals surface area contributed by atoms with Gasteiger partial charge in [0.15, 0.2) is 0 Å². The van der Waals surface area contributed by atoms with Gasteiger partial charge in [-0.2, -0.15) is 5.26 Å². The van der Waals surface area contributed by atoms with Crippen LogP contribution in [-0.4, -0.2) is 46.7 Å². The Morgan fingerprint density at radius 2 is 2.18 bits per heavy atom. The molecule has 3 aliphatic rings. The Balaban J connectivity index is 0.00000176. The van der Waals surface area contributed by atoms with Crippen molar-refractivity contribution in [2.24, 2.45) is 5.92 Å². The minimum absolute atomic E-state index is 0. The van der Waals surface area contributed by atoms with E-state index in [9.17, 15) is 9.90 Å². The number of carbonyl (C=O) groups is 1. The molecule has 5 heteroatoms. The maximum absolute atomic E-state index is 12.3. The topological polar surface area (TPSA) is 76.4 Å². The monoisotopic (exact) mass is 307 g/mol. The highest BCUT2D eigenvalue weighted by Gasteiger charge is 2.43. The molecule has 2 bridgehead atoms. The number of fused-ring (bicyclic) bond motifs is 2. The molecule has 0 radical (unpaired) electrons. The van der Waals surface area contributed by atoms with Crippen LogP contribution in [0.2, 0.25) is 0 Å². The number of hydrogen-bond donors (Lipinski definition) is 2. The van der Waals surface area contributed by atoms with Crippen LogP contribution < -0.4 is 5.32 Å². The normalized spacial score (nSPS) is 37.3. The Hall–Kier alpha value is -1.12. The van der Waals surface area contributed by atoms with Crippen molar-refractivity contribution in [1.29, 1.82) is 5.26 Å². The van der Waals surface area contributed by atoms with Gasteiger partial charge in [-0.25, -0.2) is 0 Å². The molecule has 2 N–H and O–H groups in total. The Morgan fingerprint density at radius 3 is 2.95 bits per heavy atom. The molecule has 0 aromatic heterocycles. The lowest BCUT2D eigenvalue weighted by atomic mass is 9.66. The Kier molecular flexibility index (Phi) is 5.46. The van der Waals surface area contributed by atoms with Gasteiger partial charge in [0.25, 0.3) is 0 Å². The van der Waals surface area contributed by atoms with Crippen LogP contribution in [0, 0.1) is 17.2 Å². The predicted octanol–water partition coefficient (Wildman–Crippen LogP) is 1.81. The van der Waals surface area contributed by atoms with E-state index in [0.717, 1.165) is 38.5 Å². The maximum Gasteiger partial charge on any atom is 0.237 e. The molecular weight excluding hydrogens is 278 g/mol. The van der Waals surface area contributed by atoms with Crippen LogP contribution in [0.15, 0.2) is 0 Å². The second-order valence-corrected chi connectivity index (χ2v) is 7.06. The number of rotatable bonds is 3. The molecule has 3 rings (SSSR count). The molecular formula is C17H29N3O2. The van der Waals surface area contributed by atoms with Gasteiger partial charge in [0.05, 0.1) is 18.7 Å². The largest absolute Gasteiger partial charge is 0.393 e. The zero-order valence-electron chi connectivity index (χ0n) is 12.6. The van der Waals surface area contributed by atoms with Gasteiger partial charge in [0, 0.05) is 12.1 Å². The summed E-state index contributed by atoms with van der Waals surface area (Å²) >= 11 is 0. The van der Waals surface area contributed by atoms with Gasteiger partial charge in [0.2, 0.25) is 5.91 Å². The van der Waals surface area contributed by atoms with Crippen molar-refractivity contribution in [2.75, 3.05) is 13.1 Å². The summed E-state index contributed by atoms with van der Waals surface area (Å²) in [6.45, 7) is 1.01. The van der Waals surface area contributed by atoms with Crippen molar-refractivity contribution in [2.45, 2.75) is 76.5 Å². The number of nitrogens with zero attached hydrogens (tertiary/aromatic N) is 2. The first-order valence-electron chi connectivity index (χ1n) is 8.24. The fraction of sp³-hybridized carbons (Fsp3) is 0.882. The van der Waals surface area contributed by atoms with Crippen LogP contribution in [-0.2, 0) is 4.79 Å². The van der Waals surface area contributed by atoms with Gasteiger partial charge in [-0.05, 0) is 44.4 Å². The van der Waals surface area contributed by atoms with Crippen molar-refractivity contribution in [1.82, 2.24) is 10.2 Å². The number of carbonyl (C=O) groups excluding carboxylic acids is 1. The van der Waals surface area contributed by atoms with E-state index in [1.807, 2.05) is 0 Å². The summed E-state index contributed by atoms with van der Waals surface area (Å²) in [4.78, 5) is 14.1. The van der Waals surface area contributed by atoms with Gasteiger partial charge in [-0.15, -0.1) is 0 Å². The second kappa shape index (κ2) is 6.97. The zero-order valence-corrected chi connectivity index (χ0v) is 12.6. The average molecular weight is 307 g/mol. The Bertz CT molecular complexity index is 444. The summed E-state index contributed by atoms with van der Waals surface area (Å²) in [7, 11) is 0. The summed E-state index contributed by atoms with van der Waals surface area (Å²) in [5.74, 6) is 0.638. The molecule has 1 aliphatic heterocycles.